The third-order valence-corrected chi connectivity index (χ3v) is 4.37. The van der Waals surface area contributed by atoms with E-state index in [9.17, 15) is 9.59 Å². The first-order valence-corrected chi connectivity index (χ1v) is 8.36. The summed E-state index contributed by atoms with van der Waals surface area (Å²) in [6.45, 7) is 1.58. The Morgan fingerprint density at radius 2 is 1.96 bits per heavy atom. The van der Waals surface area contributed by atoms with E-state index in [4.69, 9.17) is 16.3 Å². The van der Waals surface area contributed by atoms with Gasteiger partial charge in [0.1, 0.15) is 5.69 Å². The lowest BCUT2D eigenvalue weighted by Crippen LogP contribution is -2.28. The average Bonchev–Trinajstić information content (AvgIpc) is 3.17. The molecule has 0 bridgehead atoms. The number of rotatable bonds is 4. The molecule has 6 nitrogen and oxygen atoms in total. The number of nitrogens with zero attached hydrogens (tertiary/aromatic N) is 2. The molecule has 0 spiro atoms. The summed E-state index contributed by atoms with van der Waals surface area (Å²) >= 11 is 6.17. The highest BCUT2D eigenvalue weighted by atomic mass is 35.5. The van der Waals surface area contributed by atoms with Gasteiger partial charge in [0.2, 0.25) is 0 Å². The molecule has 1 N–H and O–H groups in total. The first-order chi connectivity index (χ1) is 12.1. The molecule has 0 radical (unpaired) electrons. The van der Waals surface area contributed by atoms with Gasteiger partial charge >= 0.3 is 5.97 Å². The highest BCUT2D eigenvalue weighted by molar-refractivity contribution is 6.33. The number of carbonyl (C=O) groups is 2. The van der Waals surface area contributed by atoms with Crippen molar-refractivity contribution in [1.82, 2.24) is 9.88 Å². The third-order valence-electron chi connectivity index (χ3n) is 4.04. The molecule has 0 saturated carbocycles. The van der Waals surface area contributed by atoms with Crippen LogP contribution in [0.5, 0.6) is 0 Å². The van der Waals surface area contributed by atoms with Crippen molar-refractivity contribution in [2.75, 3.05) is 25.5 Å². The van der Waals surface area contributed by atoms with Gasteiger partial charge in [-0.25, -0.2) is 9.78 Å². The van der Waals surface area contributed by atoms with E-state index in [0.29, 0.717) is 27.7 Å². The number of amides is 1. The fourth-order valence-corrected chi connectivity index (χ4v) is 2.86. The molecule has 1 aromatic carbocycles. The Labute approximate surface area is 150 Å². The van der Waals surface area contributed by atoms with Gasteiger partial charge in [-0.2, -0.15) is 0 Å². The topological polar surface area (TPSA) is 71.5 Å². The molecule has 1 saturated heterocycles. The van der Waals surface area contributed by atoms with E-state index >= 15 is 0 Å². The number of pyridine rings is 1. The van der Waals surface area contributed by atoms with Crippen molar-refractivity contribution in [3.63, 3.8) is 0 Å². The molecule has 1 aliphatic rings. The lowest BCUT2D eigenvalue weighted by Gasteiger charge is -2.15. The molecule has 7 heteroatoms. The largest absolute Gasteiger partial charge is 0.465 e. The van der Waals surface area contributed by atoms with Crippen LogP contribution in [0.4, 0.5) is 11.4 Å². The number of anilines is 2. The number of carbonyl (C=O) groups excluding carboxylic acids is 2. The number of hydrogen-bond acceptors (Lipinski definition) is 5. The molecule has 2 aromatic rings. The monoisotopic (exact) mass is 359 g/mol. The summed E-state index contributed by atoms with van der Waals surface area (Å²) in [4.78, 5) is 30.0. The van der Waals surface area contributed by atoms with Gasteiger partial charge in [0.15, 0.2) is 0 Å². The van der Waals surface area contributed by atoms with Crippen LogP contribution in [-0.2, 0) is 4.74 Å². The first kappa shape index (κ1) is 17.2. The molecule has 130 valence electrons. The fourth-order valence-electron chi connectivity index (χ4n) is 2.70. The summed E-state index contributed by atoms with van der Waals surface area (Å²) < 4.78 is 4.71. The van der Waals surface area contributed by atoms with E-state index in [0.717, 1.165) is 25.9 Å². The number of nitrogens with one attached hydrogen (secondary N) is 1. The summed E-state index contributed by atoms with van der Waals surface area (Å²) in [6.07, 6.45) is 3.66. The van der Waals surface area contributed by atoms with Crippen LogP contribution in [0, 0.1) is 0 Å². The number of benzene rings is 1. The Bertz CT molecular complexity index is 787. The standard InChI is InChI=1S/C18H18ClN3O3/c1-25-18(24)12-4-6-14(19)16(10-12)21-13-5-7-15(20-11-13)17(23)22-8-2-3-9-22/h4-7,10-11,21H,2-3,8-9H2,1H3. The molecule has 3 rings (SSSR count). The molecule has 1 amide bonds. The Kier molecular flexibility index (Phi) is 5.19. The zero-order valence-electron chi connectivity index (χ0n) is 13.8. The highest BCUT2D eigenvalue weighted by Gasteiger charge is 2.20. The molecule has 2 heterocycles. The zero-order chi connectivity index (χ0) is 17.8. The van der Waals surface area contributed by atoms with Gasteiger partial charge in [-0.1, -0.05) is 11.6 Å². The third kappa shape index (κ3) is 3.91. The van der Waals surface area contributed by atoms with Crippen molar-refractivity contribution in [3.05, 3.63) is 52.8 Å². The van der Waals surface area contributed by atoms with Gasteiger partial charge in [0.05, 0.1) is 35.3 Å². The highest BCUT2D eigenvalue weighted by Crippen LogP contribution is 2.27. The van der Waals surface area contributed by atoms with Gasteiger partial charge < -0.3 is 15.0 Å². The second kappa shape index (κ2) is 7.53. The smallest absolute Gasteiger partial charge is 0.337 e. The van der Waals surface area contributed by atoms with Crippen molar-refractivity contribution < 1.29 is 14.3 Å². The van der Waals surface area contributed by atoms with Crippen LogP contribution in [0.25, 0.3) is 0 Å². The Morgan fingerprint density at radius 3 is 2.60 bits per heavy atom. The Morgan fingerprint density at radius 1 is 1.20 bits per heavy atom. The minimum atomic E-state index is -0.440. The van der Waals surface area contributed by atoms with Crippen LogP contribution >= 0.6 is 11.6 Å². The van der Waals surface area contributed by atoms with E-state index < -0.39 is 5.97 Å². The van der Waals surface area contributed by atoms with Crippen LogP contribution < -0.4 is 5.32 Å². The van der Waals surface area contributed by atoms with E-state index in [1.165, 1.54) is 7.11 Å². The Hall–Kier alpha value is -2.60. The summed E-state index contributed by atoms with van der Waals surface area (Å²) in [5, 5.41) is 3.56. The van der Waals surface area contributed by atoms with Gasteiger partial charge in [-0.15, -0.1) is 0 Å². The molecule has 1 fully saturated rings. The van der Waals surface area contributed by atoms with Crippen LogP contribution in [-0.4, -0.2) is 42.0 Å². The van der Waals surface area contributed by atoms with Gasteiger partial charge in [-0.3, -0.25) is 4.79 Å². The number of methoxy groups -OCH3 is 1. The lowest BCUT2D eigenvalue weighted by molar-refractivity contribution is 0.0600. The first-order valence-electron chi connectivity index (χ1n) is 7.98. The van der Waals surface area contributed by atoms with E-state index in [2.05, 4.69) is 10.3 Å². The predicted octanol–water partition coefficient (Wildman–Crippen LogP) is 3.50. The normalized spacial score (nSPS) is 13.6. The number of ether oxygens (including phenoxy) is 1. The number of aromatic nitrogens is 1. The summed E-state index contributed by atoms with van der Waals surface area (Å²) in [5.74, 6) is -0.487. The predicted molar refractivity (Wildman–Crippen MR) is 95.4 cm³/mol. The maximum atomic E-state index is 12.3. The van der Waals surface area contributed by atoms with Crippen molar-refractivity contribution >= 4 is 34.9 Å². The minimum absolute atomic E-state index is 0.0465. The maximum Gasteiger partial charge on any atom is 0.337 e. The van der Waals surface area contributed by atoms with Crippen LogP contribution in [0.3, 0.4) is 0 Å². The van der Waals surface area contributed by atoms with Crippen LogP contribution in [0.15, 0.2) is 36.5 Å². The number of likely N-dealkylation sites (tertiary alicyclic amines) is 1. The van der Waals surface area contributed by atoms with Crippen LogP contribution in [0.2, 0.25) is 5.02 Å². The van der Waals surface area contributed by atoms with Crippen molar-refractivity contribution in [3.8, 4) is 0 Å². The molecule has 0 atom stereocenters. The summed E-state index contributed by atoms with van der Waals surface area (Å²) in [6, 6.07) is 8.26. The van der Waals surface area contributed by atoms with E-state index in [1.54, 1.807) is 36.5 Å². The summed E-state index contributed by atoms with van der Waals surface area (Å²) in [5.41, 5.74) is 2.04. The molecular weight excluding hydrogens is 342 g/mol. The lowest BCUT2D eigenvalue weighted by atomic mass is 10.2. The summed E-state index contributed by atoms with van der Waals surface area (Å²) in [7, 11) is 1.32. The number of esters is 1. The quantitative estimate of drug-likeness (QED) is 0.846. The minimum Gasteiger partial charge on any atom is -0.465 e. The van der Waals surface area contributed by atoms with Crippen LogP contribution in [0.1, 0.15) is 33.7 Å². The van der Waals surface area contributed by atoms with Gasteiger partial charge in [0.25, 0.3) is 5.91 Å². The SMILES string of the molecule is COC(=O)c1ccc(Cl)c(Nc2ccc(C(=O)N3CCCC3)nc2)c1. The Balaban J connectivity index is 1.75. The molecule has 1 aliphatic heterocycles. The zero-order valence-corrected chi connectivity index (χ0v) is 14.5. The van der Waals surface area contributed by atoms with E-state index in [1.807, 2.05) is 4.90 Å². The molecule has 0 unspecified atom stereocenters. The van der Waals surface area contributed by atoms with Gasteiger partial charge in [0, 0.05) is 13.1 Å². The average molecular weight is 360 g/mol. The molecule has 1 aromatic heterocycles. The van der Waals surface area contributed by atoms with Crippen molar-refractivity contribution in [2.45, 2.75) is 12.8 Å². The second-order valence-corrected chi connectivity index (χ2v) is 6.15. The fraction of sp³-hybridized carbons (Fsp3) is 0.278. The second-order valence-electron chi connectivity index (χ2n) is 5.74. The van der Waals surface area contributed by atoms with Crippen molar-refractivity contribution in [1.29, 1.82) is 0 Å². The maximum absolute atomic E-state index is 12.3. The number of hydrogen-bond donors (Lipinski definition) is 1. The van der Waals surface area contributed by atoms with Gasteiger partial charge in [-0.05, 0) is 43.2 Å². The number of halogens is 1. The molecule has 25 heavy (non-hydrogen) atoms. The van der Waals surface area contributed by atoms with Crippen molar-refractivity contribution in [2.24, 2.45) is 0 Å². The molecule has 0 aliphatic carbocycles. The van der Waals surface area contributed by atoms with E-state index in [-0.39, 0.29) is 5.91 Å². The molecular formula is C18H18ClN3O3.